The van der Waals surface area contributed by atoms with E-state index in [0.717, 1.165) is 44.9 Å². The number of unbranched alkanes of at least 4 members (excludes halogenated alkanes) is 1. The fourth-order valence-electron chi connectivity index (χ4n) is 5.36. The number of allylic oxidation sites excluding steroid dienone is 1. The third-order valence-corrected chi connectivity index (χ3v) is 7.09. The quantitative estimate of drug-likeness (QED) is 0.351. The van der Waals surface area contributed by atoms with Crippen LogP contribution < -0.4 is 0 Å². The number of rotatable bonds is 8. The van der Waals surface area contributed by atoms with Gasteiger partial charge in [-0.3, -0.25) is 9.59 Å². The molecule has 2 N–H and O–H groups in total. The summed E-state index contributed by atoms with van der Waals surface area (Å²) >= 11 is 0. The highest BCUT2D eigenvalue weighted by Crippen LogP contribution is 2.57. The zero-order valence-corrected chi connectivity index (χ0v) is 18.2. The second-order valence-electron chi connectivity index (χ2n) is 9.22. The molecule has 0 aromatic rings. The van der Waals surface area contributed by atoms with E-state index in [1.165, 1.54) is 5.57 Å². The Hall–Kier alpha value is -1.64. The summed E-state index contributed by atoms with van der Waals surface area (Å²) in [6.07, 6.45) is 10.7. The predicted molar refractivity (Wildman–Crippen MR) is 115 cm³/mol. The number of hydrogen-bond acceptors (Lipinski definition) is 4. The number of aliphatic hydroxyl groups is 1. The van der Waals surface area contributed by atoms with Gasteiger partial charge in [-0.15, -0.1) is 5.92 Å². The lowest BCUT2D eigenvalue weighted by Gasteiger charge is -2.57. The van der Waals surface area contributed by atoms with E-state index < -0.39 is 12.1 Å². The van der Waals surface area contributed by atoms with E-state index in [0.29, 0.717) is 44.0 Å². The van der Waals surface area contributed by atoms with E-state index in [1.807, 2.05) is 6.08 Å². The fraction of sp³-hybridized carbons (Fsp3) is 0.760. The third kappa shape index (κ3) is 5.34. The molecular weight excluding hydrogens is 380 g/mol. The van der Waals surface area contributed by atoms with Crippen LogP contribution in [-0.4, -0.2) is 40.3 Å². The highest BCUT2D eigenvalue weighted by molar-refractivity contribution is 5.79. The van der Waals surface area contributed by atoms with Crippen LogP contribution in [0, 0.1) is 29.6 Å². The molecule has 3 fully saturated rings. The standard InChI is InChI=1S/C25H36O5/c1-2-3-15-30-25-14-13-23(27)21(11-5-8-18-7-4-10-20(26)16-18)22(25)17-19(25)9-6-12-24(28)29/h9,18,21-23,27H,2-4,6-8,10,12-17H2,1H3,(H,28,29)/b19-9+. The molecule has 0 heterocycles. The molecule has 0 spiro atoms. The van der Waals surface area contributed by atoms with Crippen molar-refractivity contribution in [3.05, 3.63) is 11.6 Å². The van der Waals surface area contributed by atoms with E-state index in [2.05, 4.69) is 18.8 Å². The molecule has 3 saturated carbocycles. The second-order valence-corrected chi connectivity index (χ2v) is 9.22. The number of carboxylic acids is 1. The lowest BCUT2D eigenvalue weighted by molar-refractivity contribution is -0.156. The Morgan fingerprint density at radius 2 is 2.17 bits per heavy atom. The highest BCUT2D eigenvalue weighted by atomic mass is 16.5. The van der Waals surface area contributed by atoms with Crippen LogP contribution in [0.25, 0.3) is 0 Å². The van der Waals surface area contributed by atoms with Gasteiger partial charge >= 0.3 is 5.97 Å². The molecule has 0 amide bonds. The molecule has 0 bridgehead atoms. The smallest absolute Gasteiger partial charge is 0.303 e. The lowest BCUT2D eigenvalue weighted by Crippen LogP contribution is -2.60. The minimum absolute atomic E-state index is 0.115. The Bertz CT molecular complexity index is 715. The van der Waals surface area contributed by atoms with Crippen molar-refractivity contribution in [2.45, 2.75) is 95.7 Å². The zero-order valence-electron chi connectivity index (χ0n) is 18.2. The van der Waals surface area contributed by atoms with Crippen molar-refractivity contribution in [2.24, 2.45) is 17.8 Å². The summed E-state index contributed by atoms with van der Waals surface area (Å²) in [4.78, 5) is 22.6. The molecule has 30 heavy (non-hydrogen) atoms. The number of ether oxygens (including phenoxy) is 1. The van der Waals surface area contributed by atoms with Crippen LogP contribution in [0.15, 0.2) is 11.6 Å². The number of fused-ring (bicyclic) bond motifs is 1. The van der Waals surface area contributed by atoms with Crippen molar-refractivity contribution in [1.82, 2.24) is 0 Å². The summed E-state index contributed by atoms with van der Waals surface area (Å²) in [5, 5.41) is 19.6. The summed E-state index contributed by atoms with van der Waals surface area (Å²) < 4.78 is 6.43. The Kier molecular flexibility index (Phi) is 8.13. The van der Waals surface area contributed by atoms with E-state index in [1.54, 1.807) is 0 Å². The zero-order chi connectivity index (χ0) is 21.6. The number of carboxylic acid groups (broad SMARTS) is 1. The summed E-state index contributed by atoms with van der Waals surface area (Å²) in [6.45, 7) is 2.82. The van der Waals surface area contributed by atoms with Crippen molar-refractivity contribution in [3.8, 4) is 11.8 Å². The summed E-state index contributed by atoms with van der Waals surface area (Å²) in [6, 6.07) is 0. The van der Waals surface area contributed by atoms with Gasteiger partial charge < -0.3 is 14.9 Å². The maximum absolute atomic E-state index is 11.7. The number of carbonyl (C=O) groups is 2. The number of Topliss-reactive ketones (excluding diaryl/α,β-unsaturated/α-hetero) is 1. The summed E-state index contributed by atoms with van der Waals surface area (Å²) in [5.74, 6) is 6.64. The third-order valence-electron chi connectivity index (χ3n) is 7.09. The Morgan fingerprint density at radius 1 is 1.33 bits per heavy atom. The average molecular weight is 417 g/mol. The maximum Gasteiger partial charge on any atom is 0.303 e. The van der Waals surface area contributed by atoms with Crippen molar-refractivity contribution in [1.29, 1.82) is 0 Å². The first-order valence-electron chi connectivity index (χ1n) is 11.7. The van der Waals surface area contributed by atoms with Crippen molar-refractivity contribution < 1.29 is 24.5 Å². The van der Waals surface area contributed by atoms with E-state index >= 15 is 0 Å². The summed E-state index contributed by atoms with van der Waals surface area (Å²) in [7, 11) is 0. The molecule has 5 atom stereocenters. The fourth-order valence-corrected chi connectivity index (χ4v) is 5.36. The first-order chi connectivity index (χ1) is 14.5. The Labute approximate surface area is 180 Å². The summed E-state index contributed by atoms with van der Waals surface area (Å²) in [5.41, 5.74) is 0.814. The molecule has 0 aliphatic heterocycles. The molecule has 166 valence electrons. The van der Waals surface area contributed by atoms with Gasteiger partial charge in [0.1, 0.15) is 5.78 Å². The topological polar surface area (TPSA) is 83.8 Å². The molecule has 5 unspecified atom stereocenters. The van der Waals surface area contributed by atoms with Gasteiger partial charge in [0.15, 0.2) is 0 Å². The number of ketones is 1. The van der Waals surface area contributed by atoms with Crippen molar-refractivity contribution in [2.75, 3.05) is 6.61 Å². The first-order valence-corrected chi connectivity index (χ1v) is 11.7. The van der Waals surface area contributed by atoms with E-state index in [9.17, 15) is 14.7 Å². The average Bonchev–Trinajstić information content (AvgIpc) is 2.70. The number of aliphatic carboxylic acids is 1. The van der Waals surface area contributed by atoms with Gasteiger partial charge in [0.2, 0.25) is 0 Å². The molecule has 0 radical (unpaired) electrons. The van der Waals surface area contributed by atoms with Crippen LogP contribution in [-0.2, 0) is 14.3 Å². The molecule has 0 aromatic heterocycles. The van der Waals surface area contributed by atoms with Gasteiger partial charge in [0.25, 0.3) is 0 Å². The first kappa shape index (κ1) is 23.0. The van der Waals surface area contributed by atoms with Crippen LogP contribution in [0.5, 0.6) is 0 Å². The molecule has 0 saturated heterocycles. The van der Waals surface area contributed by atoms with Crippen LogP contribution in [0.1, 0.15) is 84.0 Å². The van der Waals surface area contributed by atoms with Crippen molar-refractivity contribution >= 4 is 11.8 Å². The van der Waals surface area contributed by atoms with Gasteiger partial charge in [-0.2, -0.15) is 0 Å². The molecule has 5 heteroatoms. The van der Waals surface area contributed by atoms with Gasteiger partial charge in [-0.25, -0.2) is 0 Å². The van der Waals surface area contributed by atoms with Crippen LogP contribution >= 0.6 is 0 Å². The van der Waals surface area contributed by atoms with E-state index in [-0.39, 0.29) is 23.9 Å². The van der Waals surface area contributed by atoms with Crippen LogP contribution in [0.2, 0.25) is 0 Å². The van der Waals surface area contributed by atoms with Gasteiger partial charge in [0.05, 0.1) is 17.6 Å². The van der Waals surface area contributed by atoms with Gasteiger partial charge in [-0.05, 0) is 56.4 Å². The molecule has 3 aliphatic rings. The lowest BCUT2D eigenvalue weighted by atomic mass is 9.53. The van der Waals surface area contributed by atoms with Crippen molar-refractivity contribution in [3.63, 3.8) is 0 Å². The molecule has 0 aromatic carbocycles. The Morgan fingerprint density at radius 3 is 2.90 bits per heavy atom. The van der Waals surface area contributed by atoms with Crippen LogP contribution in [0.3, 0.4) is 0 Å². The van der Waals surface area contributed by atoms with E-state index in [4.69, 9.17) is 9.84 Å². The number of hydrogen-bond donors (Lipinski definition) is 2. The number of aliphatic hydroxyl groups excluding tert-OH is 1. The minimum atomic E-state index is -0.785. The monoisotopic (exact) mass is 416 g/mol. The SMILES string of the molecule is CCCCOC12CCC(O)C(C#CCC3CCCC(=O)C3)C1C/C2=C\CCC(=O)O. The molecule has 5 nitrogen and oxygen atoms in total. The molecular formula is C25H36O5. The second kappa shape index (κ2) is 10.6. The molecule has 3 aliphatic carbocycles. The predicted octanol–water partition coefficient (Wildman–Crippen LogP) is 4.28. The molecule has 3 rings (SSSR count). The highest BCUT2D eigenvalue weighted by Gasteiger charge is 2.58. The van der Waals surface area contributed by atoms with Crippen LogP contribution in [0.4, 0.5) is 0 Å². The van der Waals surface area contributed by atoms with Gasteiger partial charge in [0, 0.05) is 38.2 Å². The minimum Gasteiger partial charge on any atom is -0.481 e. The normalized spacial score (nSPS) is 34.6. The number of carbonyl (C=O) groups excluding carboxylic acids is 1. The van der Waals surface area contributed by atoms with Gasteiger partial charge in [-0.1, -0.05) is 25.3 Å². The Balaban J connectivity index is 1.70. The maximum atomic E-state index is 11.7. The largest absolute Gasteiger partial charge is 0.481 e.